The van der Waals surface area contributed by atoms with Gasteiger partial charge >= 0.3 is 5.97 Å². The molecule has 9 atom stereocenters. The maximum Gasteiger partial charge on any atom is 0.305 e. The predicted octanol–water partition coefficient (Wildman–Crippen LogP) is 3.52. The van der Waals surface area contributed by atoms with Gasteiger partial charge in [0.05, 0.1) is 17.5 Å². The van der Waals surface area contributed by atoms with Crippen molar-refractivity contribution >= 4 is 28.6 Å². The number of aliphatic hydroxyl groups excluding tert-OH is 1. The first kappa shape index (κ1) is 23.2. The molecule has 0 aromatic heterocycles. The maximum absolute atomic E-state index is 15.8. The van der Waals surface area contributed by atoms with E-state index < -0.39 is 34.0 Å². The summed E-state index contributed by atoms with van der Waals surface area (Å²) < 4.78 is 28.2. The third kappa shape index (κ3) is 2.89. The van der Waals surface area contributed by atoms with Crippen LogP contribution in [0.1, 0.15) is 53.4 Å². The van der Waals surface area contributed by atoms with E-state index in [0.717, 1.165) is 6.42 Å². The molecule has 0 radical (unpaired) electrons. The van der Waals surface area contributed by atoms with E-state index in [1.807, 2.05) is 6.92 Å². The smallest absolute Gasteiger partial charge is 0.305 e. The van der Waals surface area contributed by atoms with Crippen molar-refractivity contribution in [3.8, 4) is 0 Å². The van der Waals surface area contributed by atoms with Crippen molar-refractivity contribution in [1.82, 2.24) is 0 Å². The molecule has 0 aromatic rings. The zero-order valence-electron chi connectivity index (χ0n) is 19.4. The van der Waals surface area contributed by atoms with Gasteiger partial charge in [-0.05, 0) is 61.7 Å². The summed E-state index contributed by atoms with van der Waals surface area (Å²) >= 11 is 0.714. The fourth-order valence-electron chi connectivity index (χ4n) is 7.96. The second-order valence-electron chi connectivity index (χ2n) is 10.7. The van der Waals surface area contributed by atoms with Crippen molar-refractivity contribution < 1.29 is 33.4 Å². The molecule has 4 fully saturated rings. The van der Waals surface area contributed by atoms with Gasteiger partial charge in [0.15, 0.2) is 5.78 Å². The Hall–Kier alpha value is -1.51. The highest BCUT2D eigenvalue weighted by atomic mass is 32.2. The molecule has 0 bridgehead atoms. The van der Waals surface area contributed by atoms with Crippen LogP contribution >= 0.6 is 11.8 Å². The number of thioether (sulfide) groups is 1. The first-order valence-electron chi connectivity index (χ1n) is 11.8. The predicted molar refractivity (Wildman–Crippen MR) is 120 cm³/mol. The lowest BCUT2D eigenvalue weighted by Gasteiger charge is -2.56. The Bertz CT molecular complexity index is 991. The van der Waals surface area contributed by atoms with Crippen molar-refractivity contribution in [2.24, 2.45) is 28.6 Å². The van der Waals surface area contributed by atoms with Crippen LogP contribution in [-0.4, -0.2) is 51.9 Å². The van der Waals surface area contributed by atoms with E-state index in [4.69, 9.17) is 9.47 Å². The molecule has 33 heavy (non-hydrogen) atoms. The van der Waals surface area contributed by atoms with Crippen LogP contribution in [0, 0.1) is 28.6 Å². The number of epoxide rings is 1. The normalized spacial score (nSPS) is 47.4. The fraction of sp³-hybridized carbons (Fsp3) is 0.720. The summed E-state index contributed by atoms with van der Waals surface area (Å²) in [4.78, 5) is 37.6. The number of ketones is 1. The number of ether oxygens (including phenoxy) is 2. The third-order valence-electron chi connectivity index (χ3n) is 9.30. The number of carbonyl (C=O) groups is 3. The van der Waals surface area contributed by atoms with Gasteiger partial charge in [0.2, 0.25) is 5.12 Å². The highest BCUT2D eigenvalue weighted by molar-refractivity contribution is 8.14. The summed E-state index contributed by atoms with van der Waals surface area (Å²) in [6.07, 6.45) is 2.77. The van der Waals surface area contributed by atoms with Crippen LogP contribution in [0.15, 0.2) is 23.3 Å². The minimum absolute atomic E-state index is 0.0667. The van der Waals surface area contributed by atoms with E-state index in [1.165, 1.54) is 12.2 Å². The Kier molecular flexibility index (Phi) is 5.28. The first-order chi connectivity index (χ1) is 15.5. The molecule has 4 aliphatic carbocycles. The lowest BCUT2D eigenvalue weighted by Crippen LogP contribution is -2.61. The van der Waals surface area contributed by atoms with Crippen LogP contribution < -0.4 is 0 Å². The highest BCUT2D eigenvalue weighted by Gasteiger charge is 2.82. The number of carbonyl (C=O) groups excluding carboxylic acids is 3. The number of aliphatic hydroxyl groups is 1. The van der Waals surface area contributed by atoms with Crippen LogP contribution in [0.2, 0.25) is 0 Å². The maximum atomic E-state index is 15.8. The second-order valence-corrected chi connectivity index (χ2v) is 11.7. The Morgan fingerprint density at radius 1 is 1.27 bits per heavy atom. The molecule has 180 valence electrons. The molecular weight excluding hydrogens is 447 g/mol. The molecule has 1 heterocycles. The number of esters is 1. The summed E-state index contributed by atoms with van der Waals surface area (Å²) in [6.45, 7) is 7.84. The summed E-state index contributed by atoms with van der Waals surface area (Å²) in [5, 5.41) is 8.93. The molecule has 6 nitrogen and oxygen atoms in total. The second kappa shape index (κ2) is 7.49. The first-order valence-corrected chi connectivity index (χ1v) is 12.8. The third-order valence-corrected chi connectivity index (χ3v) is 9.91. The number of halogens is 1. The molecule has 0 amide bonds. The summed E-state index contributed by atoms with van der Waals surface area (Å²) in [5.41, 5.74) is -1.64. The van der Waals surface area contributed by atoms with Gasteiger partial charge in [0.25, 0.3) is 0 Å². The van der Waals surface area contributed by atoms with Crippen molar-refractivity contribution in [3.63, 3.8) is 0 Å². The number of hydrogen-bond donors (Lipinski definition) is 1. The molecule has 0 aromatic carbocycles. The van der Waals surface area contributed by atoms with Gasteiger partial charge in [-0.15, -0.1) is 0 Å². The van der Waals surface area contributed by atoms with E-state index in [9.17, 15) is 19.5 Å². The number of rotatable bonds is 4. The lowest BCUT2D eigenvalue weighted by molar-refractivity contribution is -0.160. The number of allylic oxidation sites excluding steroid dienone is 2. The van der Waals surface area contributed by atoms with E-state index in [-0.39, 0.29) is 53.3 Å². The molecule has 3 saturated carbocycles. The molecule has 1 N–H and O–H groups in total. The van der Waals surface area contributed by atoms with Crippen molar-refractivity contribution in [3.05, 3.63) is 23.3 Å². The molecule has 0 unspecified atom stereocenters. The van der Waals surface area contributed by atoms with Gasteiger partial charge in [0, 0.05) is 17.4 Å². The Morgan fingerprint density at radius 3 is 2.67 bits per heavy atom. The zero-order valence-corrected chi connectivity index (χ0v) is 20.2. The van der Waals surface area contributed by atoms with Crippen LogP contribution in [0.5, 0.6) is 0 Å². The van der Waals surface area contributed by atoms with Crippen molar-refractivity contribution in [2.45, 2.75) is 77.4 Å². The molecule has 8 heteroatoms. The average molecular weight is 479 g/mol. The number of hydrogen-bond acceptors (Lipinski definition) is 7. The molecule has 1 spiro atoms. The Morgan fingerprint density at radius 2 is 2.00 bits per heavy atom. The van der Waals surface area contributed by atoms with Gasteiger partial charge < -0.3 is 14.6 Å². The largest absolute Gasteiger partial charge is 0.461 e. The molecular formula is C25H31FO6S. The van der Waals surface area contributed by atoms with E-state index >= 15 is 4.39 Å². The van der Waals surface area contributed by atoms with Gasteiger partial charge in [-0.3, -0.25) is 14.4 Å². The number of fused-ring (bicyclic) bond motifs is 3. The van der Waals surface area contributed by atoms with Gasteiger partial charge in [-0.1, -0.05) is 32.5 Å². The van der Waals surface area contributed by atoms with Gasteiger partial charge in [-0.25, -0.2) is 4.39 Å². The SMILES string of the molecule is CCC(=O)O[C@@H]1[C@H](C)C[C@H]2[C@@H]3C[C@H](F)C4=CC(=O)C=C(C(=O)SCO)[C@]4(C)[C@@]34O[C@H]4C[C@]12C. The summed E-state index contributed by atoms with van der Waals surface area (Å²) in [6, 6.07) is 0. The fourth-order valence-corrected chi connectivity index (χ4v) is 8.50. The topological polar surface area (TPSA) is 93.2 Å². The van der Waals surface area contributed by atoms with Crippen LogP contribution in [-0.2, 0) is 23.9 Å². The van der Waals surface area contributed by atoms with Crippen LogP contribution in [0.25, 0.3) is 0 Å². The zero-order chi connectivity index (χ0) is 23.9. The van der Waals surface area contributed by atoms with Gasteiger partial charge in [-0.2, -0.15) is 0 Å². The van der Waals surface area contributed by atoms with E-state index in [2.05, 4.69) is 13.8 Å². The molecule has 5 rings (SSSR count). The van der Waals surface area contributed by atoms with Crippen LogP contribution in [0.4, 0.5) is 4.39 Å². The number of alkyl halides is 1. The van der Waals surface area contributed by atoms with Crippen molar-refractivity contribution in [2.75, 3.05) is 5.94 Å². The van der Waals surface area contributed by atoms with E-state index in [0.29, 0.717) is 30.2 Å². The Labute approximate surface area is 197 Å². The van der Waals surface area contributed by atoms with E-state index in [1.54, 1.807) is 6.92 Å². The lowest BCUT2D eigenvalue weighted by atomic mass is 9.46. The standard InChI is InChI=1S/C25H31FO6S/c1-5-20(29)31-21-12(2)6-14-15-9-18(26)16-7-13(28)8-17(22(30)33-11-27)24(16,4)25(15)19(32-25)10-23(14,21)3/h7-8,12,14-15,18-19,21,27H,5-6,9-11H2,1-4H3/t12-,14+,15+,18+,19+,21-,23+,24-,25-/m1/s1. The molecule has 1 saturated heterocycles. The molecule has 1 aliphatic heterocycles. The minimum atomic E-state index is -1.37. The minimum Gasteiger partial charge on any atom is -0.461 e. The summed E-state index contributed by atoms with van der Waals surface area (Å²) in [7, 11) is 0. The van der Waals surface area contributed by atoms with Crippen molar-refractivity contribution in [1.29, 1.82) is 0 Å². The quantitative estimate of drug-likeness (QED) is 0.375. The molecule has 5 aliphatic rings. The summed E-state index contributed by atoms with van der Waals surface area (Å²) in [5.74, 6) is -1.01. The average Bonchev–Trinajstić information content (AvgIpc) is 3.43. The highest BCUT2D eigenvalue weighted by Crippen LogP contribution is 2.76. The van der Waals surface area contributed by atoms with Gasteiger partial charge in [0.1, 0.15) is 17.9 Å². The Balaban J connectivity index is 1.58. The monoisotopic (exact) mass is 478 g/mol. The van der Waals surface area contributed by atoms with Crippen LogP contribution in [0.3, 0.4) is 0 Å².